The van der Waals surface area contributed by atoms with Gasteiger partial charge in [-0.1, -0.05) is 0 Å². The number of aliphatic imine (C=N–C) groups is 1. The number of rotatable bonds is 2. The van der Waals surface area contributed by atoms with Crippen molar-refractivity contribution < 1.29 is 23.7 Å². The monoisotopic (exact) mass is 303 g/mol. The topological polar surface area (TPSA) is 105 Å². The molecule has 0 saturated carbocycles. The number of nitrogens with zero attached hydrogens (tertiary/aromatic N) is 3. The van der Waals surface area contributed by atoms with Crippen molar-refractivity contribution in [3.05, 3.63) is 29.8 Å². The van der Waals surface area contributed by atoms with E-state index in [2.05, 4.69) is 4.99 Å². The van der Waals surface area contributed by atoms with E-state index in [0.29, 0.717) is 5.75 Å². The van der Waals surface area contributed by atoms with Crippen molar-refractivity contribution in [1.82, 2.24) is 4.90 Å². The third-order valence-corrected chi connectivity index (χ3v) is 3.24. The third kappa shape index (κ3) is 2.58. The zero-order valence-corrected chi connectivity index (χ0v) is 12.4. The van der Waals surface area contributed by atoms with Crippen LogP contribution in [-0.2, 0) is 4.79 Å². The minimum absolute atomic E-state index is 0.157. The summed E-state index contributed by atoms with van der Waals surface area (Å²) in [6.45, 7) is 0. The number of benzene rings is 1. The molecule has 22 heavy (non-hydrogen) atoms. The van der Waals surface area contributed by atoms with Gasteiger partial charge < -0.3 is 10.5 Å². The van der Waals surface area contributed by atoms with E-state index in [4.69, 9.17) is 10.5 Å². The van der Waals surface area contributed by atoms with Crippen molar-refractivity contribution in [2.24, 2.45) is 10.7 Å². The molecule has 0 fully saturated rings. The zero-order valence-electron chi connectivity index (χ0n) is 12.4. The molecule has 0 aliphatic carbocycles. The van der Waals surface area contributed by atoms with Gasteiger partial charge in [-0.25, -0.2) is 9.59 Å². The van der Waals surface area contributed by atoms with Crippen LogP contribution in [0.25, 0.3) is 0 Å². The number of methoxy groups -OCH3 is 1. The van der Waals surface area contributed by atoms with Crippen LogP contribution >= 0.6 is 0 Å². The molecular formula is C14H15N4O4+. The molecule has 1 aromatic carbocycles. The van der Waals surface area contributed by atoms with Crippen LogP contribution in [0.3, 0.4) is 0 Å². The summed E-state index contributed by atoms with van der Waals surface area (Å²) in [5, 5.41) is 0. The number of nitrogens with two attached hydrogens (primary N) is 1. The van der Waals surface area contributed by atoms with Crippen molar-refractivity contribution in [1.29, 1.82) is 0 Å². The molecule has 0 radical (unpaired) electrons. The summed E-state index contributed by atoms with van der Waals surface area (Å²) >= 11 is 0. The molecular weight excluding hydrogens is 288 g/mol. The van der Waals surface area contributed by atoms with Crippen LogP contribution in [0.4, 0.5) is 4.79 Å². The lowest BCUT2D eigenvalue weighted by molar-refractivity contribution is -0.401. The molecule has 8 heteroatoms. The lowest BCUT2D eigenvalue weighted by Gasteiger charge is -2.17. The largest absolute Gasteiger partial charge is 0.497 e. The molecule has 0 spiro atoms. The SMILES string of the molecule is COc1ccc(C(=O)N=C2C(=O)N(C)C(=O)[N+](C)=C2N)cc1. The molecule has 1 heterocycles. The number of urea groups is 1. The van der Waals surface area contributed by atoms with Gasteiger partial charge in [0.2, 0.25) is 5.71 Å². The number of ether oxygens (including phenoxy) is 1. The van der Waals surface area contributed by atoms with E-state index < -0.39 is 17.8 Å². The van der Waals surface area contributed by atoms with Gasteiger partial charge in [0.15, 0.2) is 0 Å². The van der Waals surface area contributed by atoms with Gasteiger partial charge in [0.05, 0.1) is 21.2 Å². The first-order valence-corrected chi connectivity index (χ1v) is 6.32. The van der Waals surface area contributed by atoms with E-state index in [1.54, 1.807) is 12.1 Å². The fourth-order valence-electron chi connectivity index (χ4n) is 1.85. The molecule has 0 aromatic heterocycles. The lowest BCUT2D eigenvalue weighted by Crippen LogP contribution is -2.55. The molecule has 0 unspecified atom stereocenters. The molecule has 0 bridgehead atoms. The van der Waals surface area contributed by atoms with Crippen molar-refractivity contribution in [3.8, 4) is 5.75 Å². The highest BCUT2D eigenvalue weighted by atomic mass is 16.5. The molecule has 114 valence electrons. The second-order valence-corrected chi connectivity index (χ2v) is 4.59. The summed E-state index contributed by atoms with van der Waals surface area (Å²) in [7, 11) is 4.20. The first-order chi connectivity index (χ1) is 10.4. The first-order valence-electron chi connectivity index (χ1n) is 6.32. The fourth-order valence-corrected chi connectivity index (χ4v) is 1.85. The van der Waals surface area contributed by atoms with Gasteiger partial charge in [0, 0.05) is 5.56 Å². The minimum Gasteiger partial charge on any atom is -0.497 e. The summed E-state index contributed by atoms with van der Waals surface area (Å²) in [4.78, 5) is 40.4. The van der Waals surface area contributed by atoms with Gasteiger partial charge in [-0.15, -0.1) is 0 Å². The molecule has 1 aliphatic heterocycles. The first kappa shape index (κ1) is 15.4. The number of imide groups is 1. The normalized spacial score (nSPS) is 17.2. The van der Waals surface area contributed by atoms with Gasteiger partial charge in [-0.05, 0) is 24.3 Å². The lowest BCUT2D eigenvalue weighted by atomic mass is 10.2. The molecule has 2 rings (SSSR count). The van der Waals surface area contributed by atoms with Crippen molar-refractivity contribution in [3.63, 3.8) is 0 Å². The zero-order chi connectivity index (χ0) is 16.4. The Bertz CT molecular complexity index is 719. The van der Waals surface area contributed by atoms with Crippen LogP contribution in [0.1, 0.15) is 10.4 Å². The average Bonchev–Trinajstić information content (AvgIpc) is 2.55. The Labute approximate surface area is 126 Å². The molecule has 8 nitrogen and oxygen atoms in total. The van der Waals surface area contributed by atoms with E-state index in [1.165, 1.54) is 33.3 Å². The standard InChI is InChI=1S/C14H14N4O4/c1-17-11(15)10(13(20)18(2)14(17)21)16-12(19)8-4-6-9(22-3)7-5-8/h4-7,15H,1-3H3/p+1. The van der Waals surface area contributed by atoms with E-state index >= 15 is 0 Å². The second kappa shape index (κ2) is 5.76. The summed E-state index contributed by atoms with van der Waals surface area (Å²) in [5.41, 5.74) is 5.72. The highest BCUT2D eigenvalue weighted by Crippen LogP contribution is 2.12. The number of hydrogen-bond acceptors (Lipinski definition) is 5. The smallest absolute Gasteiger partial charge is 0.445 e. The van der Waals surface area contributed by atoms with Gasteiger partial charge in [0.25, 0.3) is 11.7 Å². The summed E-state index contributed by atoms with van der Waals surface area (Å²) in [6, 6.07) is 5.66. The second-order valence-electron chi connectivity index (χ2n) is 4.59. The Balaban J connectivity index is 2.40. The molecule has 1 aliphatic rings. The van der Waals surface area contributed by atoms with Crippen molar-refractivity contribution in [2.75, 3.05) is 21.2 Å². The van der Waals surface area contributed by atoms with Gasteiger partial charge in [-0.2, -0.15) is 14.5 Å². The number of carbonyl (C=O) groups excluding carboxylic acids is 3. The Kier molecular flexibility index (Phi) is 4.02. The number of amidine groups is 1. The van der Waals surface area contributed by atoms with Gasteiger partial charge in [0.1, 0.15) is 5.75 Å². The molecule has 0 saturated heterocycles. The average molecular weight is 303 g/mol. The Morgan fingerprint density at radius 2 is 1.86 bits per heavy atom. The molecule has 0 atom stereocenters. The quantitative estimate of drug-likeness (QED) is 0.766. The van der Waals surface area contributed by atoms with Crippen LogP contribution < -0.4 is 10.5 Å². The Hall–Kier alpha value is -3.03. The Morgan fingerprint density at radius 1 is 1.27 bits per heavy atom. The van der Waals surface area contributed by atoms with Crippen LogP contribution in [-0.4, -0.2) is 60.1 Å². The van der Waals surface area contributed by atoms with E-state index in [-0.39, 0.29) is 17.1 Å². The predicted octanol–water partition coefficient (Wildman–Crippen LogP) is -0.132. The molecule has 1 aromatic rings. The number of hydrogen-bond donors (Lipinski definition) is 1. The number of amides is 4. The van der Waals surface area contributed by atoms with E-state index in [1.807, 2.05) is 0 Å². The highest BCUT2D eigenvalue weighted by molar-refractivity contribution is 6.67. The third-order valence-electron chi connectivity index (χ3n) is 3.24. The van der Waals surface area contributed by atoms with Crippen LogP contribution in [0.2, 0.25) is 0 Å². The highest BCUT2D eigenvalue weighted by Gasteiger charge is 2.39. The minimum atomic E-state index is -0.720. The molecule has 4 amide bonds. The summed E-state index contributed by atoms with van der Waals surface area (Å²) < 4.78 is 6.05. The maximum Gasteiger partial charge on any atom is 0.445 e. The van der Waals surface area contributed by atoms with Crippen LogP contribution in [0, 0.1) is 0 Å². The van der Waals surface area contributed by atoms with Crippen molar-refractivity contribution in [2.45, 2.75) is 0 Å². The molecule has 2 N–H and O–H groups in total. The van der Waals surface area contributed by atoms with E-state index in [9.17, 15) is 14.4 Å². The van der Waals surface area contributed by atoms with Gasteiger partial charge >= 0.3 is 11.9 Å². The van der Waals surface area contributed by atoms with Gasteiger partial charge in [-0.3, -0.25) is 4.79 Å². The van der Waals surface area contributed by atoms with Crippen LogP contribution in [0.5, 0.6) is 5.75 Å². The van der Waals surface area contributed by atoms with Crippen LogP contribution in [0.15, 0.2) is 29.3 Å². The number of carbonyl (C=O) groups is 3. The maximum absolute atomic E-state index is 12.1. The maximum atomic E-state index is 12.1. The Morgan fingerprint density at radius 3 is 2.41 bits per heavy atom. The fraction of sp³-hybridized carbons (Fsp3) is 0.214. The summed E-state index contributed by atoms with van der Waals surface area (Å²) in [5.74, 6) is -0.920. The van der Waals surface area contributed by atoms with Crippen molar-refractivity contribution >= 4 is 29.4 Å². The van der Waals surface area contributed by atoms with E-state index in [0.717, 1.165) is 9.48 Å². The predicted molar refractivity (Wildman–Crippen MR) is 78.3 cm³/mol. The summed E-state index contributed by atoms with van der Waals surface area (Å²) in [6.07, 6.45) is 0.